The summed E-state index contributed by atoms with van der Waals surface area (Å²) in [5, 5.41) is 0. The molecule has 2 bridgehead atoms. The molecule has 2 aliphatic rings. The summed E-state index contributed by atoms with van der Waals surface area (Å²) in [4.78, 5) is 26.1. The van der Waals surface area contributed by atoms with E-state index in [1.165, 1.54) is 7.11 Å². The van der Waals surface area contributed by atoms with Gasteiger partial charge in [-0.15, -0.1) is 0 Å². The highest BCUT2D eigenvalue weighted by Gasteiger charge is 2.42. The number of hydrogen-bond donors (Lipinski definition) is 0. The molecule has 1 amide bonds. The summed E-state index contributed by atoms with van der Waals surface area (Å²) < 4.78 is 10.3. The molecular formula is C19H25NO4. The minimum absolute atomic E-state index is 0.154. The van der Waals surface area contributed by atoms with Crippen molar-refractivity contribution in [1.29, 1.82) is 0 Å². The molecule has 0 saturated carbocycles. The van der Waals surface area contributed by atoms with Gasteiger partial charge in [0.05, 0.1) is 7.11 Å². The molecule has 2 heterocycles. The first-order valence-corrected chi connectivity index (χ1v) is 8.73. The van der Waals surface area contributed by atoms with Crippen LogP contribution in [0.3, 0.4) is 0 Å². The Morgan fingerprint density at radius 2 is 1.79 bits per heavy atom. The first-order valence-electron chi connectivity index (χ1n) is 8.73. The predicted octanol–water partition coefficient (Wildman–Crippen LogP) is 3.52. The molecule has 3 rings (SSSR count). The van der Waals surface area contributed by atoms with Gasteiger partial charge in [-0.1, -0.05) is 30.3 Å². The number of amides is 1. The first kappa shape index (κ1) is 16.8. The van der Waals surface area contributed by atoms with Gasteiger partial charge in [-0.05, 0) is 43.6 Å². The zero-order chi connectivity index (χ0) is 16.9. The van der Waals surface area contributed by atoms with Crippen molar-refractivity contribution >= 4 is 12.1 Å². The molecule has 2 saturated heterocycles. The standard InChI is InChI=1S/C19H25NO4/c1-23-18(21)12-15-10-16-8-5-9-17(11-15)20(16)19(22)24-13-14-6-3-2-4-7-14/h2-4,6-7,15-17H,5,8-13H2,1H3. The fraction of sp³-hybridized carbons (Fsp3) is 0.579. The second-order valence-corrected chi connectivity index (χ2v) is 6.80. The molecule has 0 aromatic heterocycles. The quantitative estimate of drug-likeness (QED) is 0.792. The Morgan fingerprint density at radius 1 is 1.12 bits per heavy atom. The Bertz CT molecular complexity index is 560. The van der Waals surface area contributed by atoms with Crippen molar-refractivity contribution in [3.05, 3.63) is 35.9 Å². The summed E-state index contributed by atoms with van der Waals surface area (Å²) in [5.74, 6) is 0.157. The van der Waals surface area contributed by atoms with Crippen LogP contribution < -0.4 is 0 Å². The lowest BCUT2D eigenvalue weighted by Gasteiger charge is -2.47. The van der Waals surface area contributed by atoms with Crippen LogP contribution in [-0.2, 0) is 20.9 Å². The summed E-state index contributed by atoms with van der Waals surface area (Å²) in [7, 11) is 1.43. The molecular weight excluding hydrogens is 306 g/mol. The molecule has 0 N–H and O–H groups in total. The van der Waals surface area contributed by atoms with Crippen molar-refractivity contribution in [2.24, 2.45) is 5.92 Å². The maximum absolute atomic E-state index is 12.6. The first-order chi connectivity index (χ1) is 11.7. The van der Waals surface area contributed by atoms with Crippen molar-refractivity contribution in [2.75, 3.05) is 7.11 Å². The molecule has 0 aliphatic carbocycles. The lowest BCUT2D eigenvalue weighted by molar-refractivity contribution is -0.142. The third kappa shape index (κ3) is 3.89. The van der Waals surface area contributed by atoms with Crippen molar-refractivity contribution in [2.45, 2.75) is 57.2 Å². The fourth-order valence-corrected chi connectivity index (χ4v) is 4.07. The van der Waals surface area contributed by atoms with E-state index in [0.717, 1.165) is 37.7 Å². The number of carbonyl (C=O) groups is 2. The predicted molar refractivity (Wildman–Crippen MR) is 89.3 cm³/mol. The van der Waals surface area contributed by atoms with Crippen LogP contribution in [0.25, 0.3) is 0 Å². The number of rotatable bonds is 4. The van der Waals surface area contributed by atoms with Crippen molar-refractivity contribution in [3.8, 4) is 0 Å². The van der Waals surface area contributed by atoms with Gasteiger partial charge in [-0.3, -0.25) is 4.79 Å². The lowest BCUT2D eigenvalue weighted by atomic mass is 9.77. The highest BCUT2D eigenvalue weighted by molar-refractivity contribution is 5.70. The van der Waals surface area contributed by atoms with Gasteiger partial charge in [-0.2, -0.15) is 0 Å². The number of ether oxygens (including phenoxy) is 2. The molecule has 24 heavy (non-hydrogen) atoms. The van der Waals surface area contributed by atoms with Crippen molar-refractivity contribution in [3.63, 3.8) is 0 Å². The summed E-state index contributed by atoms with van der Waals surface area (Å²) in [6.45, 7) is 0.307. The molecule has 5 nitrogen and oxygen atoms in total. The molecule has 0 spiro atoms. The Kier molecular flexibility index (Phi) is 5.38. The molecule has 130 valence electrons. The zero-order valence-corrected chi connectivity index (χ0v) is 14.1. The third-order valence-corrected chi connectivity index (χ3v) is 5.17. The van der Waals surface area contributed by atoms with Gasteiger partial charge in [0.1, 0.15) is 6.61 Å². The summed E-state index contributed by atoms with van der Waals surface area (Å²) in [5.41, 5.74) is 0.997. The fourth-order valence-electron chi connectivity index (χ4n) is 4.07. The van der Waals surface area contributed by atoms with Gasteiger partial charge in [-0.25, -0.2) is 4.79 Å². The molecule has 2 aliphatic heterocycles. The van der Waals surface area contributed by atoms with Crippen LogP contribution in [0.1, 0.15) is 44.1 Å². The van der Waals surface area contributed by atoms with Gasteiger partial charge in [0.2, 0.25) is 0 Å². The minimum Gasteiger partial charge on any atom is -0.469 e. The van der Waals surface area contributed by atoms with Crippen LogP contribution in [0.2, 0.25) is 0 Å². The van der Waals surface area contributed by atoms with Crippen LogP contribution in [0.4, 0.5) is 4.79 Å². The second kappa shape index (κ2) is 7.69. The van der Waals surface area contributed by atoms with Crippen LogP contribution in [0.5, 0.6) is 0 Å². The summed E-state index contributed by atoms with van der Waals surface area (Å²) in [6, 6.07) is 10.1. The maximum atomic E-state index is 12.6. The Labute approximate surface area is 142 Å². The van der Waals surface area contributed by atoms with E-state index in [2.05, 4.69) is 0 Å². The number of hydrogen-bond acceptors (Lipinski definition) is 4. The minimum atomic E-state index is -0.218. The number of nitrogens with zero attached hydrogens (tertiary/aromatic N) is 1. The van der Waals surface area contributed by atoms with Gasteiger partial charge >= 0.3 is 12.1 Å². The topological polar surface area (TPSA) is 55.8 Å². The average Bonchev–Trinajstić information content (AvgIpc) is 2.59. The van der Waals surface area contributed by atoms with E-state index in [4.69, 9.17) is 9.47 Å². The highest BCUT2D eigenvalue weighted by Crippen LogP contribution is 2.38. The molecule has 5 heteroatoms. The SMILES string of the molecule is COC(=O)CC1CC2CCCC(C1)N2C(=O)OCc1ccccc1. The van der Waals surface area contributed by atoms with Crippen LogP contribution in [0.15, 0.2) is 30.3 Å². The zero-order valence-electron chi connectivity index (χ0n) is 14.1. The van der Waals surface area contributed by atoms with Crippen LogP contribution in [0, 0.1) is 5.92 Å². The molecule has 2 unspecified atom stereocenters. The molecule has 2 atom stereocenters. The van der Waals surface area contributed by atoms with E-state index in [1.54, 1.807) is 0 Å². The number of benzene rings is 1. The Hall–Kier alpha value is -2.04. The molecule has 2 fully saturated rings. The average molecular weight is 331 g/mol. The smallest absolute Gasteiger partial charge is 0.410 e. The number of methoxy groups -OCH3 is 1. The second-order valence-electron chi connectivity index (χ2n) is 6.80. The van der Waals surface area contributed by atoms with E-state index >= 15 is 0 Å². The van der Waals surface area contributed by atoms with Gasteiger partial charge in [0.15, 0.2) is 0 Å². The highest BCUT2D eigenvalue weighted by atomic mass is 16.6. The third-order valence-electron chi connectivity index (χ3n) is 5.17. The summed E-state index contributed by atoms with van der Waals surface area (Å²) in [6.07, 6.45) is 5.10. The van der Waals surface area contributed by atoms with E-state index in [-0.39, 0.29) is 24.1 Å². The number of carbonyl (C=O) groups excluding carboxylic acids is 2. The van der Waals surface area contributed by atoms with Crippen molar-refractivity contribution < 1.29 is 19.1 Å². The Balaban J connectivity index is 1.59. The molecule has 1 aromatic rings. The maximum Gasteiger partial charge on any atom is 0.410 e. The van der Waals surface area contributed by atoms with E-state index < -0.39 is 0 Å². The number of piperidine rings is 2. The lowest BCUT2D eigenvalue weighted by Crippen LogP contribution is -2.55. The normalized spacial score (nSPS) is 25.9. The number of fused-ring (bicyclic) bond motifs is 2. The van der Waals surface area contributed by atoms with Crippen LogP contribution in [-0.4, -0.2) is 36.2 Å². The Morgan fingerprint density at radius 3 is 2.42 bits per heavy atom. The van der Waals surface area contributed by atoms with Crippen LogP contribution >= 0.6 is 0 Å². The van der Waals surface area contributed by atoms with Crippen molar-refractivity contribution in [1.82, 2.24) is 4.90 Å². The largest absolute Gasteiger partial charge is 0.469 e. The monoisotopic (exact) mass is 331 g/mol. The number of esters is 1. The summed E-state index contributed by atoms with van der Waals surface area (Å²) >= 11 is 0. The van der Waals surface area contributed by atoms with Gasteiger partial charge in [0.25, 0.3) is 0 Å². The molecule has 1 aromatic carbocycles. The van der Waals surface area contributed by atoms with Gasteiger partial charge in [0, 0.05) is 18.5 Å². The van der Waals surface area contributed by atoms with Gasteiger partial charge < -0.3 is 14.4 Å². The van der Waals surface area contributed by atoms with E-state index in [1.807, 2.05) is 35.2 Å². The molecule has 0 radical (unpaired) electrons. The van der Waals surface area contributed by atoms with E-state index in [0.29, 0.717) is 18.9 Å². The van der Waals surface area contributed by atoms with E-state index in [9.17, 15) is 9.59 Å².